The Kier molecular flexibility index (Phi) is 5.58. The largest absolute Gasteiger partial charge is 0.380 e. The van der Waals surface area contributed by atoms with Gasteiger partial charge < -0.3 is 24.4 Å². The molecule has 0 radical (unpaired) electrons. The van der Waals surface area contributed by atoms with Crippen molar-refractivity contribution in [3.63, 3.8) is 0 Å². The van der Waals surface area contributed by atoms with Crippen LogP contribution in [0.25, 0.3) is 0 Å². The summed E-state index contributed by atoms with van der Waals surface area (Å²) < 4.78 is 29.5. The zero-order chi connectivity index (χ0) is 14.4. The highest BCUT2D eigenvalue weighted by molar-refractivity contribution is 5.56. The number of benzene rings is 1. The third-order valence-electron chi connectivity index (χ3n) is 3.30. The molecule has 0 aliphatic carbocycles. The number of ether oxygens (including phenoxy) is 3. The van der Waals surface area contributed by atoms with Gasteiger partial charge in [-0.15, -0.1) is 0 Å². The van der Waals surface area contributed by atoms with Crippen LogP contribution < -0.4 is 10.2 Å². The minimum Gasteiger partial charge on any atom is -0.380 e. The van der Waals surface area contributed by atoms with E-state index in [4.69, 9.17) is 14.2 Å². The minimum absolute atomic E-state index is 0.233. The van der Waals surface area contributed by atoms with Crippen molar-refractivity contribution in [2.24, 2.45) is 0 Å². The van der Waals surface area contributed by atoms with Crippen LogP contribution >= 0.6 is 0 Å². The number of halogens is 1. The monoisotopic (exact) mass is 284 g/mol. The second kappa shape index (κ2) is 7.42. The number of morpholine rings is 1. The maximum absolute atomic E-state index is 14.1. The molecule has 1 N–H and O–H groups in total. The van der Waals surface area contributed by atoms with Crippen molar-refractivity contribution in [2.75, 3.05) is 57.3 Å². The number of hydrogen-bond acceptors (Lipinski definition) is 5. The van der Waals surface area contributed by atoms with E-state index in [1.165, 1.54) is 6.07 Å². The zero-order valence-corrected chi connectivity index (χ0v) is 11.9. The number of nitrogens with zero attached hydrogens (tertiary/aromatic N) is 1. The molecule has 5 nitrogen and oxygen atoms in total. The quantitative estimate of drug-likeness (QED) is 0.805. The maximum Gasteiger partial charge on any atom is 0.173 e. The van der Waals surface area contributed by atoms with Gasteiger partial charge in [-0.3, -0.25) is 0 Å². The Labute approximate surface area is 118 Å². The van der Waals surface area contributed by atoms with E-state index in [1.54, 1.807) is 20.3 Å². The molecule has 20 heavy (non-hydrogen) atoms. The lowest BCUT2D eigenvalue weighted by Crippen LogP contribution is -2.36. The summed E-state index contributed by atoms with van der Waals surface area (Å²) in [4.78, 5) is 2.00. The molecular weight excluding hydrogens is 263 g/mol. The molecule has 1 aliphatic rings. The molecule has 0 saturated carbocycles. The molecule has 0 aromatic heterocycles. The van der Waals surface area contributed by atoms with Gasteiger partial charge >= 0.3 is 0 Å². The molecule has 112 valence electrons. The lowest BCUT2D eigenvalue weighted by molar-refractivity contribution is -0.0914. The van der Waals surface area contributed by atoms with E-state index in [9.17, 15) is 4.39 Å². The molecule has 0 amide bonds. The summed E-state index contributed by atoms with van der Waals surface area (Å²) in [6.45, 7) is 3.19. The summed E-state index contributed by atoms with van der Waals surface area (Å²) in [5, 5.41) is 3.08. The second-order valence-electron chi connectivity index (χ2n) is 4.55. The molecular formula is C14H21FN2O3. The Morgan fingerprint density at radius 3 is 2.60 bits per heavy atom. The van der Waals surface area contributed by atoms with Crippen LogP contribution in [0.15, 0.2) is 18.2 Å². The number of nitrogens with one attached hydrogen (secondary N) is 1. The average Bonchev–Trinajstić information content (AvgIpc) is 2.49. The Morgan fingerprint density at radius 2 is 2.00 bits per heavy atom. The van der Waals surface area contributed by atoms with Gasteiger partial charge in [0.15, 0.2) is 6.29 Å². The first-order valence-corrected chi connectivity index (χ1v) is 6.66. The predicted octanol–water partition coefficient (Wildman–Crippen LogP) is 1.69. The molecule has 1 fully saturated rings. The number of methoxy groups -OCH3 is 2. The van der Waals surface area contributed by atoms with Crippen LogP contribution in [0, 0.1) is 5.82 Å². The molecule has 0 unspecified atom stereocenters. The second-order valence-corrected chi connectivity index (χ2v) is 4.55. The maximum atomic E-state index is 14.1. The van der Waals surface area contributed by atoms with Gasteiger partial charge in [-0.2, -0.15) is 0 Å². The van der Waals surface area contributed by atoms with Gasteiger partial charge in [-0.1, -0.05) is 0 Å². The summed E-state index contributed by atoms with van der Waals surface area (Å²) in [7, 11) is 3.13. The number of anilines is 2. The normalized spacial score (nSPS) is 15.7. The molecule has 1 aliphatic heterocycles. The van der Waals surface area contributed by atoms with Gasteiger partial charge in [0.1, 0.15) is 5.82 Å². The molecule has 1 aromatic carbocycles. The van der Waals surface area contributed by atoms with Crippen LogP contribution in [0.2, 0.25) is 0 Å². The van der Waals surface area contributed by atoms with E-state index in [0.29, 0.717) is 31.1 Å². The Bertz CT molecular complexity index is 421. The zero-order valence-electron chi connectivity index (χ0n) is 11.9. The van der Waals surface area contributed by atoms with Crippen molar-refractivity contribution in [3.05, 3.63) is 24.0 Å². The molecule has 1 aromatic rings. The lowest BCUT2D eigenvalue weighted by Gasteiger charge is -2.29. The van der Waals surface area contributed by atoms with Crippen LogP contribution in [-0.4, -0.2) is 53.4 Å². The van der Waals surface area contributed by atoms with Gasteiger partial charge in [0.05, 0.1) is 25.4 Å². The van der Waals surface area contributed by atoms with E-state index >= 15 is 0 Å². The fourth-order valence-electron chi connectivity index (χ4n) is 2.14. The van der Waals surface area contributed by atoms with Gasteiger partial charge in [0, 0.05) is 33.0 Å². The van der Waals surface area contributed by atoms with E-state index < -0.39 is 0 Å². The Morgan fingerprint density at radius 1 is 1.30 bits per heavy atom. The van der Waals surface area contributed by atoms with Crippen LogP contribution in [0.1, 0.15) is 0 Å². The summed E-state index contributed by atoms with van der Waals surface area (Å²) in [5.74, 6) is -0.233. The SMILES string of the molecule is COC(CNc1ccc(N2CCOCC2)c(F)c1)OC. The Balaban J connectivity index is 1.98. The minimum atomic E-state index is -0.350. The van der Waals surface area contributed by atoms with Crippen molar-refractivity contribution >= 4 is 11.4 Å². The first-order chi connectivity index (χ1) is 9.74. The summed E-state index contributed by atoms with van der Waals surface area (Å²) in [5.41, 5.74) is 1.33. The fourth-order valence-corrected chi connectivity index (χ4v) is 2.14. The molecule has 6 heteroatoms. The van der Waals surface area contributed by atoms with Gasteiger partial charge in [-0.25, -0.2) is 4.39 Å². The van der Waals surface area contributed by atoms with Crippen LogP contribution in [0.5, 0.6) is 0 Å². The van der Waals surface area contributed by atoms with Crippen LogP contribution in [0.4, 0.5) is 15.8 Å². The van der Waals surface area contributed by atoms with Gasteiger partial charge in [-0.05, 0) is 18.2 Å². The predicted molar refractivity (Wildman–Crippen MR) is 75.7 cm³/mol. The Hall–Kier alpha value is -1.37. The first-order valence-electron chi connectivity index (χ1n) is 6.66. The van der Waals surface area contributed by atoms with E-state index in [-0.39, 0.29) is 12.1 Å². The highest BCUT2D eigenvalue weighted by Crippen LogP contribution is 2.23. The number of hydrogen-bond donors (Lipinski definition) is 1. The third kappa shape index (κ3) is 3.82. The van der Waals surface area contributed by atoms with E-state index in [0.717, 1.165) is 13.1 Å². The summed E-state index contributed by atoms with van der Waals surface area (Å²) in [6.07, 6.45) is -0.350. The highest BCUT2D eigenvalue weighted by atomic mass is 19.1. The lowest BCUT2D eigenvalue weighted by atomic mass is 10.2. The highest BCUT2D eigenvalue weighted by Gasteiger charge is 2.15. The molecule has 0 atom stereocenters. The molecule has 0 bridgehead atoms. The molecule has 0 spiro atoms. The topological polar surface area (TPSA) is 43.0 Å². The number of rotatable bonds is 6. The standard InChI is InChI=1S/C14H21FN2O3/c1-18-14(19-2)10-16-11-3-4-13(12(15)9-11)17-5-7-20-8-6-17/h3-4,9,14,16H,5-8,10H2,1-2H3. The molecule has 1 saturated heterocycles. The van der Waals surface area contributed by atoms with Crippen molar-refractivity contribution in [3.8, 4) is 0 Å². The van der Waals surface area contributed by atoms with Crippen molar-refractivity contribution < 1.29 is 18.6 Å². The average molecular weight is 284 g/mol. The van der Waals surface area contributed by atoms with Crippen LogP contribution in [-0.2, 0) is 14.2 Å². The van der Waals surface area contributed by atoms with Crippen molar-refractivity contribution in [1.29, 1.82) is 0 Å². The summed E-state index contributed by atoms with van der Waals surface area (Å²) >= 11 is 0. The molecule has 2 rings (SSSR count). The van der Waals surface area contributed by atoms with Crippen molar-refractivity contribution in [2.45, 2.75) is 6.29 Å². The summed E-state index contributed by atoms with van der Waals surface area (Å²) in [6, 6.07) is 5.14. The van der Waals surface area contributed by atoms with E-state index in [1.807, 2.05) is 11.0 Å². The smallest absolute Gasteiger partial charge is 0.173 e. The van der Waals surface area contributed by atoms with Gasteiger partial charge in [0.25, 0.3) is 0 Å². The van der Waals surface area contributed by atoms with Gasteiger partial charge in [0.2, 0.25) is 0 Å². The van der Waals surface area contributed by atoms with E-state index in [2.05, 4.69) is 5.32 Å². The first kappa shape index (κ1) is 15.0. The fraction of sp³-hybridized carbons (Fsp3) is 0.571. The molecule has 1 heterocycles. The van der Waals surface area contributed by atoms with Crippen LogP contribution in [0.3, 0.4) is 0 Å². The third-order valence-corrected chi connectivity index (χ3v) is 3.30. The van der Waals surface area contributed by atoms with Crippen molar-refractivity contribution in [1.82, 2.24) is 0 Å².